The third-order valence-electron chi connectivity index (χ3n) is 3.29. The van der Waals surface area contributed by atoms with Gasteiger partial charge in [0.2, 0.25) is 0 Å². The monoisotopic (exact) mass is 284 g/mol. The minimum absolute atomic E-state index is 0.331. The summed E-state index contributed by atoms with van der Waals surface area (Å²) in [4.78, 5) is 19.3. The summed E-state index contributed by atoms with van der Waals surface area (Å²) in [6, 6.07) is 0.439. The van der Waals surface area contributed by atoms with E-state index in [1.165, 1.54) is 0 Å². The van der Waals surface area contributed by atoms with Crippen LogP contribution in [-0.4, -0.2) is 43.9 Å². The summed E-state index contributed by atoms with van der Waals surface area (Å²) in [5, 5.41) is 0.882. The number of aromatic nitrogens is 1. The molecule has 0 atom stereocenters. The van der Waals surface area contributed by atoms with Gasteiger partial charge in [-0.3, -0.25) is 0 Å². The topological polar surface area (TPSA) is 51.7 Å². The van der Waals surface area contributed by atoms with Crippen molar-refractivity contribution < 1.29 is 14.3 Å². The molecule has 1 fully saturated rings. The Morgan fingerprint density at radius 3 is 2.84 bits per heavy atom. The molecule has 0 radical (unpaired) electrons. The van der Waals surface area contributed by atoms with Crippen molar-refractivity contribution in [2.45, 2.75) is 32.7 Å². The molecular weight excluding hydrogens is 264 g/mol. The lowest BCUT2D eigenvalue weighted by Crippen LogP contribution is -2.36. The highest BCUT2D eigenvalue weighted by atomic mass is 32.1. The van der Waals surface area contributed by atoms with Crippen LogP contribution in [0.25, 0.3) is 0 Å². The van der Waals surface area contributed by atoms with Crippen molar-refractivity contribution in [2.24, 2.45) is 0 Å². The Hall–Kier alpha value is -1.14. The molecule has 2 rings (SSSR count). The molecule has 0 amide bonds. The van der Waals surface area contributed by atoms with Gasteiger partial charge < -0.3 is 14.4 Å². The predicted octanol–water partition coefficient (Wildman–Crippen LogP) is 2.24. The van der Waals surface area contributed by atoms with Crippen LogP contribution in [0.4, 0.5) is 5.13 Å². The number of aryl methyl sites for hydroxylation is 1. The number of carbonyl (C=O) groups is 1. The third kappa shape index (κ3) is 3.25. The normalized spacial score (nSPS) is 16.4. The Morgan fingerprint density at radius 2 is 2.21 bits per heavy atom. The van der Waals surface area contributed by atoms with Crippen LogP contribution in [-0.2, 0) is 9.47 Å². The van der Waals surface area contributed by atoms with Crippen molar-refractivity contribution in [3.05, 3.63) is 10.6 Å². The lowest BCUT2D eigenvalue weighted by molar-refractivity contribution is 0.0519. The maximum absolute atomic E-state index is 11.8. The standard InChI is InChI=1S/C13H20N2O3S/c1-4-18-12(16)11-9(2)19-13(14-11)15(3)10-5-7-17-8-6-10/h10H,4-8H2,1-3H3. The number of nitrogens with zero attached hydrogens (tertiary/aromatic N) is 2. The number of anilines is 1. The summed E-state index contributed by atoms with van der Waals surface area (Å²) in [6.07, 6.45) is 2.01. The zero-order valence-electron chi connectivity index (χ0n) is 11.6. The molecule has 0 aliphatic carbocycles. The largest absolute Gasteiger partial charge is 0.461 e. The highest BCUT2D eigenvalue weighted by Crippen LogP contribution is 2.28. The molecule has 19 heavy (non-hydrogen) atoms. The van der Waals surface area contributed by atoms with Crippen molar-refractivity contribution in [1.29, 1.82) is 0 Å². The molecule has 1 aliphatic heterocycles. The Kier molecular flexibility index (Phi) is 4.76. The Bertz CT molecular complexity index is 441. The number of esters is 1. The smallest absolute Gasteiger partial charge is 0.358 e. The minimum atomic E-state index is -0.331. The van der Waals surface area contributed by atoms with Gasteiger partial charge in [-0.1, -0.05) is 0 Å². The second-order valence-corrected chi connectivity index (χ2v) is 5.76. The molecule has 106 valence electrons. The van der Waals surface area contributed by atoms with Gasteiger partial charge in [-0.15, -0.1) is 11.3 Å². The van der Waals surface area contributed by atoms with Crippen LogP contribution in [0.5, 0.6) is 0 Å². The summed E-state index contributed by atoms with van der Waals surface area (Å²) in [7, 11) is 2.03. The highest BCUT2D eigenvalue weighted by Gasteiger charge is 2.24. The van der Waals surface area contributed by atoms with E-state index in [1.807, 2.05) is 14.0 Å². The van der Waals surface area contributed by atoms with E-state index in [4.69, 9.17) is 9.47 Å². The van der Waals surface area contributed by atoms with E-state index in [9.17, 15) is 4.79 Å². The molecule has 5 nitrogen and oxygen atoms in total. The average molecular weight is 284 g/mol. The molecule has 0 bridgehead atoms. The van der Waals surface area contributed by atoms with E-state index < -0.39 is 0 Å². The molecule has 6 heteroatoms. The fraction of sp³-hybridized carbons (Fsp3) is 0.692. The van der Waals surface area contributed by atoms with Gasteiger partial charge in [0.1, 0.15) is 0 Å². The van der Waals surface area contributed by atoms with Crippen LogP contribution in [0.1, 0.15) is 35.1 Å². The second-order valence-electron chi connectivity index (χ2n) is 4.58. The van der Waals surface area contributed by atoms with Crippen LogP contribution in [0.15, 0.2) is 0 Å². The number of thiazole rings is 1. The molecule has 0 spiro atoms. The Labute approximate surface area is 117 Å². The molecule has 1 aromatic heterocycles. The van der Waals surface area contributed by atoms with E-state index in [0.29, 0.717) is 18.3 Å². The summed E-state index contributed by atoms with van der Waals surface area (Å²) in [5.74, 6) is -0.331. The Balaban J connectivity index is 2.12. The fourth-order valence-corrected chi connectivity index (χ4v) is 3.08. The lowest BCUT2D eigenvalue weighted by Gasteiger charge is -2.30. The van der Waals surface area contributed by atoms with Crippen LogP contribution < -0.4 is 4.90 Å². The van der Waals surface area contributed by atoms with Crippen LogP contribution in [0, 0.1) is 6.92 Å². The first-order valence-electron chi connectivity index (χ1n) is 6.58. The quantitative estimate of drug-likeness (QED) is 0.794. The van der Waals surface area contributed by atoms with E-state index in [-0.39, 0.29) is 5.97 Å². The van der Waals surface area contributed by atoms with Crippen molar-refractivity contribution in [1.82, 2.24) is 4.98 Å². The van der Waals surface area contributed by atoms with Crippen LogP contribution >= 0.6 is 11.3 Å². The summed E-state index contributed by atoms with van der Waals surface area (Å²) in [5.41, 5.74) is 0.445. The van der Waals surface area contributed by atoms with Gasteiger partial charge in [-0.2, -0.15) is 0 Å². The first-order valence-corrected chi connectivity index (χ1v) is 7.40. The molecule has 0 saturated carbocycles. The fourth-order valence-electron chi connectivity index (χ4n) is 2.15. The van der Waals surface area contributed by atoms with Crippen LogP contribution in [0.2, 0.25) is 0 Å². The third-order valence-corrected chi connectivity index (χ3v) is 4.36. The molecule has 1 aliphatic rings. The van der Waals surface area contributed by atoms with Gasteiger partial charge in [-0.25, -0.2) is 9.78 Å². The predicted molar refractivity (Wildman–Crippen MR) is 75.1 cm³/mol. The van der Waals surface area contributed by atoms with E-state index in [0.717, 1.165) is 36.1 Å². The summed E-state index contributed by atoms with van der Waals surface area (Å²) < 4.78 is 10.4. The Morgan fingerprint density at radius 1 is 1.53 bits per heavy atom. The zero-order valence-corrected chi connectivity index (χ0v) is 12.5. The number of hydrogen-bond donors (Lipinski definition) is 0. The number of carbonyl (C=O) groups excluding carboxylic acids is 1. The van der Waals surface area contributed by atoms with Gasteiger partial charge in [0, 0.05) is 31.2 Å². The van der Waals surface area contributed by atoms with E-state index >= 15 is 0 Å². The number of hydrogen-bond acceptors (Lipinski definition) is 6. The first kappa shape index (κ1) is 14.3. The van der Waals surface area contributed by atoms with Gasteiger partial charge in [0.05, 0.1) is 6.61 Å². The highest BCUT2D eigenvalue weighted by molar-refractivity contribution is 7.15. The van der Waals surface area contributed by atoms with Crippen molar-refractivity contribution in [2.75, 3.05) is 31.8 Å². The number of ether oxygens (including phenoxy) is 2. The summed E-state index contributed by atoms with van der Waals surface area (Å²) >= 11 is 1.54. The maximum atomic E-state index is 11.8. The molecule has 0 N–H and O–H groups in total. The molecular formula is C13H20N2O3S. The molecule has 0 unspecified atom stereocenters. The van der Waals surface area contributed by atoms with Gasteiger partial charge in [0.15, 0.2) is 10.8 Å². The maximum Gasteiger partial charge on any atom is 0.358 e. The van der Waals surface area contributed by atoms with E-state index in [2.05, 4.69) is 9.88 Å². The van der Waals surface area contributed by atoms with Crippen molar-refractivity contribution in [3.8, 4) is 0 Å². The molecule has 2 heterocycles. The molecule has 0 aromatic carbocycles. The summed E-state index contributed by atoms with van der Waals surface area (Å²) in [6.45, 7) is 5.68. The molecule has 1 saturated heterocycles. The molecule has 1 aromatic rings. The lowest BCUT2D eigenvalue weighted by atomic mass is 10.1. The van der Waals surface area contributed by atoms with Crippen molar-refractivity contribution >= 4 is 22.4 Å². The average Bonchev–Trinajstić information content (AvgIpc) is 2.81. The van der Waals surface area contributed by atoms with Crippen LogP contribution in [0.3, 0.4) is 0 Å². The second kappa shape index (κ2) is 6.34. The van der Waals surface area contributed by atoms with Gasteiger partial charge >= 0.3 is 5.97 Å². The first-order chi connectivity index (χ1) is 9.13. The van der Waals surface area contributed by atoms with Crippen molar-refractivity contribution in [3.63, 3.8) is 0 Å². The van der Waals surface area contributed by atoms with Gasteiger partial charge in [-0.05, 0) is 26.7 Å². The minimum Gasteiger partial charge on any atom is -0.461 e. The zero-order chi connectivity index (χ0) is 13.8. The number of rotatable bonds is 4. The SMILES string of the molecule is CCOC(=O)c1nc(N(C)C2CCOCC2)sc1C. The van der Waals surface area contributed by atoms with E-state index in [1.54, 1.807) is 18.3 Å². The van der Waals surface area contributed by atoms with Gasteiger partial charge in [0.25, 0.3) is 0 Å².